The van der Waals surface area contributed by atoms with Gasteiger partial charge in [-0.1, -0.05) is 23.7 Å². The Morgan fingerprint density at radius 2 is 2.11 bits per heavy atom. The zero-order valence-corrected chi connectivity index (χ0v) is 11.6. The maximum absolute atomic E-state index is 12.2. The van der Waals surface area contributed by atoms with Crippen LogP contribution in [0.4, 0.5) is 4.79 Å². The molecular formula is C14H15ClN2O2. The van der Waals surface area contributed by atoms with Gasteiger partial charge in [0.15, 0.2) is 0 Å². The summed E-state index contributed by atoms with van der Waals surface area (Å²) in [7, 11) is 0. The molecule has 100 valence electrons. The quantitative estimate of drug-likeness (QED) is 0.845. The number of hydrogen-bond donors (Lipinski definition) is 1. The number of carbonyl (C=O) groups excluding carboxylic acids is 2. The van der Waals surface area contributed by atoms with E-state index in [0.29, 0.717) is 5.02 Å². The Bertz CT molecular complexity index is 570. The van der Waals surface area contributed by atoms with Crippen molar-refractivity contribution >= 4 is 23.5 Å². The smallest absolute Gasteiger partial charge is 0.324 e. The van der Waals surface area contributed by atoms with Crippen molar-refractivity contribution in [3.63, 3.8) is 0 Å². The lowest BCUT2D eigenvalue weighted by molar-refractivity contribution is -0.130. The highest BCUT2D eigenvalue weighted by Gasteiger charge is 2.54. The molecule has 1 heterocycles. The largest absolute Gasteiger partial charge is 0.325 e. The molecule has 1 aromatic carbocycles. The van der Waals surface area contributed by atoms with E-state index in [2.05, 4.69) is 5.32 Å². The lowest BCUT2D eigenvalue weighted by atomic mass is 10.1. The Morgan fingerprint density at radius 1 is 1.37 bits per heavy atom. The molecular weight excluding hydrogens is 264 g/mol. The van der Waals surface area contributed by atoms with Crippen molar-refractivity contribution in [3.8, 4) is 0 Å². The molecule has 3 rings (SSSR count). The summed E-state index contributed by atoms with van der Waals surface area (Å²) >= 11 is 5.97. The first kappa shape index (κ1) is 12.5. The molecule has 0 unspecified atom stereocenters. The van der Waals surface area contributed by atoms with Crippen molar-refractivity contribution in [3.05, 3.63) is 34.9 Å². The van der Waals surface area contributed by atoms with Gasteiger partial charge in [0.2, 0.25) is 0 Å². The number of urea groups is 1. The highest BCUT2D eigenvalue weighted by atomic mass is 35.5. The molecule has 5 heteroatoms. The van der Waals surface area contributed by atoms with Crippen LogP contribution in [0.5, 0.6) is 0 Å². The van der Waals surface area contributed by atoms with Crippen LogP contribution in [0, 0.1) is 0 Å². The van der Waals surface area contributed by atoms with Crippen LogP contribution in [-0.2, 0) is 4.79 Å². The minimum Gasteiger partial charge on any atom is -0.324 e. The molecule has 1 aliphatic heterocycles. The number of nitrogens with one attached hydrogen (secondary N) is 1. The number of benzene rings is 1. The number of halogens is 1. The van der Waals surface area contributed by atoms with Crippen LogP contribution in [0.2, 0.25) is 5.02 Å². The normalized spacial score (nSPS) is 28.5. The average molecular weight is 279 g/mol. The Kier molecular flexibility index (Phi) is 2.61. The maximum atomic E-state index is 12.2. The summed E-state index contributed by atoms with van der Waals surface area (Å²) in [5, 5.41) is 3.39. The fourth-order valence-electron chi connectivity index (χ4n) is 2.64. The summed E-state index contributed by atoms with van der Waals surface area (Å²) in [5.41, 5.74) is 0.293. The van der Waals surface area contributed by atoms with Gasteiger partial charge in [0, 0.05) is 17.0 Å². The van der Waals surface area contributed by atoms with Crippen molar-refractivity contribution in [2.24, 2.45) is 0 Å². The second kappa shape index (κ2) is 3.97. The van der Waals surface area contributed by atoms with E-state index < -0.39 is 5.54 Å². The summed E-state index contributed by atoms with van der Waals surface area (Å²) in [5.74, 6) is 0.0642. The number of rotatable bonds is 2. The molecule has 0 bridgehead atoms. The van der Waals surface area contributed by atoms with Gasteiger partial charge in [-0.05, 0) is 38.0 Å². The van der Waals surface area contributed by atoms with Gasteiger partial charge in [0.1, 0.15) is 5.54 Å². The zero-order valence-electron chi connectivity index (χ0n) is 10.8. The highest BCUT2D eigenvalue weighted by Crippen LogP contribution is 2.46. The summed E-state index contributed by atoms with van der Waals surface area (Å²) in [6, 6.07) is 7.27. The third-order valence-electron chi connectivity index (χ3n) is 3.76. The molecule has 3 amide bonds. The first-order chi connectivity index (χ1) is 8.90. The number of amides is 3. The van der Waals surface area contributed by atoms with E-state index in [4.69, 9.17) is 11.6 Å². The average Bonchev–Trinajstić information content (AvgIpc) is 3.04. The molecule has 4 nitrogen and oxygen atoms in total. The molecule has 1 N–H and O–H groups in total. The molecule has 0 radical (unpaired) electrons. The number of carbonyl (C=O) groups is 2. The second-order valence-electron chi connectivity index (χ2n) is 5.69. The maximum Gasteiger partial charge on any atom is 0.325 e. The van der Waals surface area contributed by atoms with Crippen LogP contribution in [0.1, 0.15) is 31.7 Å². The van der Waals surface area contributed by atoms with Gasteiger partial charge in [0.05, 0.1) is 0 Å². The Morgan fingerprint density at radius 3 is 2.68 bits per heavy atom. The number of imide groups is 1. The number of hydrogen-bond acceptors (Lipinski definition) is 2. The van der Waals surface area contributed by atoms with Gasteiger partial charge in [0.25, 0.3) is 5.91 Å². The minimum absolute atomic E-state index is 0.0345. The van der Waals surface area contributed by atoms with E-state index in [-0.39, 0.29) is 23.9 Å². The minimum atomic E-state index is -0.793. The molecule has 0 spiro atoms. The third-order valence-corrected chi connectivity index (χ3v) is 3.99. The molecule has 1 saturated carbocycles. The first-order valence-corrected chi connectivity index (χ1v) is 6.69. The topological polar surface area (TPSA) is 49.4 Å². The molecule has 2 atom stereocenters. The van der Waals surface area contributed by atoms with Gasteiger partial charge in [-0.25, -0.2) is 4.79 Å². The Hall–Kier alpha value is -1.55. The Labute approximate surface area is 116 Å². The van der Waals surface area contributed by atoms with E-state index in [1.807, 2.05) is 24.3 Å². The predicted octanol–water partition coefficient (Wildman–Crippen LogP) is 2.53. The monoisotopic (exact) mass is 278 g/mol. The van der Waals surface area contributed by atoms with Crippen molar-refractivity contribution in [1.29, 1.82) is 0 Å². The van der Waals surface area contributed by atoms with Crippen LogP contribution in [0.25, 0.3) is 0 Å². The fraction of sp³-hybridized carbons (Fsp3) is 0.429. The van der Waals surface area contributed by atoms with E-state index in [9.17, 15) is 9.59 Å². The fourth-order valence-corrected chi connectivity index (χ4v) is 2.84. The van der Waals surface area contributed by atoms with Crippen molar-refractivity contribution in [2.45, 2.75) is 37.8 Å². The lowest BCUT2D eigenvalue weighted by Crippen LogP contribution is -2.40. The predicted molar refractivity (Wildman–Crippen MR) is 72.1 cm³/mol. The van der Waals surface area contributed by atoms with E-state index in [1.54, 1.807) is 13.8 Å². The highest BCUT2D eigenvalue weighted by molar-refractivity contribution is 6.30. The Balaban J connectivity index is 1.80. The molecule has 2 aliphatic rings. The van der Waals surface area contributed by atoms with Gasteiger partial charge in [-0.3, -0.25) is 9.69 Å². The third kappa shape index (κ3) is 2.00. The molecule has 19 heavy (non-hydrogen) atoms. The lowest BCUT2D eigenvalue weighted by Gasteiger charge is -2.16. The molecule has 1 aromatic rings. The molecule has 1 saturated heterocycles. The van der Waals surface area contributed by atoms with E-state index in [1.165, 1.54) is 4.90 Å². The SMILES string of the molecule is CC1(C)NC(=O)N([C@@H]2C[C@H]2c2cccc(Cl)c2)C1=O. The standard InChI is InChI=1S/C14H15ClN2O2/c1-14(2)12(18)17(13(19)16-14)11-7-10(11)8-4-3-5-9(15)6-8/h3-6,10-11H,7H2,1-2H3,(H,16,19)/t10-,11+/m0/s1. The van der Waals surface area contributed by atoms with Crippen LogP contribution in [-0.4, -0.2) is 28.4 Å². The summed E-state index contributed by atoms with van der Waals surface area (Å²) in [6.45, 7) is 3.45. The van der Waals surface area contributed by atoms with Crippen molar-refractivity contribution in [2.75, 3.05) is 0 Å². The van der Waals surface area contributed by atoms with Gasteiger partial charge in [-0.15, -0.1) is 0 Å². The van der Waals surface area contributed by atoms with Gasteiger partial charge < -0.3 is 5.32 Å². The van der Waals surface area contributed by atoms with Crippen LogP contribution in [0.15, 0.2) is 24.3 Å². The number of nitrogens with zero attached hydrogens (tertiary/aromatic N) is 1. The molecule has 2 fully saturated rings. The molecule has 0 aromatic heterocycles. The van der Waals surface area contributed by atoms with Gasteiger partial charge >= 0.3 is 6.03 Å². The van der Waals surface area contributed by atoms with Crippen LogP contribution < -0.4 is 5.32 Å². The van der Waals surface area contributed by atoms with Crippen molar-refractivity contribution < 1.29 is 9.59 Å². The summed E-state index contributed by atoms with van der Waals surface area (Å²) < 4.78 is 0. The first-order valence-electron chi connectivity index (χ1n) is 6.31. The zero-order chi connectivity index (χ0) is 13.8. The van der Waals surface area contributed by atoms with E-state index in [0.717, 1.165) is 12.0 Å². The van der Waals surface area contributed by atoms with Crippen LogP contribution >= 0.6 is 11.6 Å². The molecule has 1 aliphatic carbocycles. The van der Waals surface area contributed by atoms with Gasteiger partial charge in [-0.2, -0.15) is 0 Å². The summed E-state index contributed by atoms with van der Waals surface area (Å²) in [6.07, 6.45) is 0.815. The van der Waals surface area contributed by atoms with Crippen molar-refractivity contribution in [1.82, 2.24) is 10.2 Å². The summed E-state index contributed by atoms with van der Waals surface area (Å²) in [4.78, 5) is 25.4. The second-order valence-corrected chi connectivity index (χ2v) is 6.13. The van der Waals surface area contributed by atoms with E-state index >= 15 is 0 Å². The van der Waals surface area contributed by atoms with Crippen LogP contribution in [0.3, 0.4) is 0 Å².